The molecule has 1 aliphatic heterocycles. The molecule has 0 amide bonds. The smallest absolute Gasteiger partial charge is 0.0645 e. The Bertz CT molecular complexity index is 269. The maximum atomic E-state index is 8.28. The minimum absolute atomic E-state index is 0.460. The van der Waals surface area contributed by atoms with Gasteiger partial charge in [-0.15, -0.1) is 0 Å². The summed E-state index contributed by atoms with van der Waals surface area (Å²) in [7, 11) is 0. The molecule has 4 heteroatoms. The second-order valence-corrected chi connectivity index (χ2v) is 3.51. The third-order valence-electron chi connectivity index (χ3n) is 2.26. The van der Waals surface area contributed by atoms with E-state index in [0.29, 0.717) is 19.6 Å². The molecule has 0 aliphatic carbocycles. The molecular formula is C12H18N2O2. The first-order valence-electron chi connectivity index (χ1n) is 5.64. The highest BCUT2D eigenvalue weighted by molar-refractivity contribution is 5.01. The third-order valence-corrected chi connectivity index (χ3v) is 2.26. The lowest BCUT2D eigenvalue weighted by Crippen LogP contribution is -2.36. The normalized spacial score (nSPS) is 16.2. The summed E-state index contributed by atoms with van der Waals surface area (Å²) in [6, 6.07) is 2.03. The molecule has 1 heterocycles. The first kappa shape index (κ1) is 13.0. The molecule has 0 bridgehead atoms. The highest BCUT2D eigenvalue weighted by Gasteiger charge is 2.07. The summed E-state index contributed by atoms with van der Waals surface area (Å²) in [5.41, 5.74) is 0. The van der Waals surface area contributed by atoms with Crippen LogP contribution in [0.1, 0.15) is 12.8 Å². The standard InChI is InChI=1S/C12H18N2O2/c13-5-4-10-15-9-3-1-2-6-14-7-11-16-12-8-14/h3-4,6-12H2. The molecule has 0 atom stereocenters. The van der Waals surface area contributed by atoms with Crippen molar-refractivity contribution in [3.8, 4) is 17.9 Å². The van der Waals surface area contributed by atoms with Crippen LogP contribution in [-0.2, 0) is 9.47 Å². The maximum Gasteiger partial charge on any atom is 0.0645 e. The molecule has 1 aliphatic rings. The van der Waals surface area contributed by atoms with Gasteiger partial charge < -0.3 is 9.47 Å². The van der Waals surface area contributed by atoms with E-state index in [2.05, 4.69) is 16.7 Å². The van der Waals surface area contributed by atoms with E-state index >= 15 is 0 Å². The van der Waals surface area contributed by atoms with Crippen molar-refractivity contribution < 1.29 is 9.47 Å². The van der Waals surface area contributed by atoms with Crippen molar-refractivity contribution in [2.45, 2.75) is 12.8 Å². The second kappa shape index (κ2) is 9.18. The molecule has 1 saturated heterocycles. The van der Waals surface area contributed by atoms with Crippen molar-refractivity contribution in [2.24, 2.45) is 0 Å². The highest BCUT2D eigenvalue weighted by Crippen LogP contribution is 1.94. The maximum absolute atomic E-state index is 8.28. The van der Waals surface area contributed by atoms with Gasteiger partial charge in [-0.1, -0.05) is 11.8 Å². The summed E-state index contributed by atoms with van der Waals surface area (Å²) < 4.78 is 10.5. The van der Waals surface area contributed by atoms with Crippen molar-refractivity contribution in [3.63, 3.8) is 0 Å². The molecule has 0 radical (unpaired) electrons. The monoisotopic (exact) mass is 222 g/mol. The van der Waals surface area contributed by atoms with Crippen LogP contribution < -0.4 is 0 Å². The van der Waals surface area contributed by atoms with E-state index in [4.69, 9.17) is 14.7 Å². The molecule has 0 aromatic carbocycles. The minimum Gasteiger partial charge on any atom is -0.379 e. The molecule has 4 nitrogen and oxygen atoms in total. The van der Waals surface area contributed by atoms with Crippen molar-refractivity contribution in [1.82, 2.24) is 4.90 Å². The zero-order chi connectivity index (χ0) is 11.5. The molecule has 0 spiro atoms. The molecule has 0 unspecified atom stereocenters. The Morgan fingerprint density at radius 1 is 1.12 bits per heavy atom. The molecule has 0 aromatic rings. The summed E-state index contributed by atoms with van der Waals surface area (Å²) in [6.45, 7) is 5.56. The Balaban J connectivity index is 1.94. The topological polar surface area (TPSA) is 45.5 Å². The van der Waals surface area contributed by atoms with Gasteiger partial charge in [0, 0.05) is 19.5 Å². The lowest BCUT2D eigenvalue weighted by Gasteiger charge is -2.24. The molecule has 1 fully saturated rings. The van der Waals surface area contributed by atoms with Gasteiger partial charge in [0.25, 0.3) is 0 Å². The van der Waals surface area contributed by atoms with Crippen molar-refractivity contribution >= 4 is 0 Å². The van der Waals surface area contributed by atoms with Crippen LogP contribution in [-0.4, -0.2) is 51.0 Å². The van der Waals surface area contributed by atoms with Crippen LogP contribution in [0.15, 0.2) is 0 Å². The van der Waals surface area contributed by atoms with Gasteiger partial charge in [0.1, 0.15) is 0 Å². The van der Waals surface area contributed by atoms with E-state index in [9.17, 15) is 0 Å². The zero-order valence-electron chi connectivity index (χ0n) is 9.57. The molecule has 0 saturated carbocycles. The highest BCUT2D eigenvalue weighted by atomic mass is 16.5. The van der Waals surface area contributed by atoms with E-state index < -0.39 is 0 Å². The first-order valence-corrected chi connectivity index (χ1v) is 5.64. The van der Waals surface area contributed by atoms with Crippen LogP contribution in [0.4, 0.5) is 0 Å². The number of hydrogen-bond donors (Lipinski definition) is 0. The Hall–Kier alpha value is -1.07. The van der Waals surface area contributed by atoms with Gasteiger partial charge >= 0.3 is 0 Å². The Kier molecular flexibility index (Phi) is 7.45. The predicted molar refractivity (Wildman–Crippen MR) is 60.7 cm³/mol. The van der Waals surface area contributed by atoms with Crippen LogP contribution in [0.5, 0.6) is 0 Å². The van der Waals surface area contributed by atoms with Crippen molar-refractivity contribution in [1.29, 1.82) is 5.26 Å². The van der Waals surface area contributed by atoms with Gasteiger partial charge in [-0.2, -0.15) is 5.26 Å². The Morgan fingerprint density at radius 3 is 2.62 bits per heavy atom. The fourth-order valence-electron chi connectivity index (χ4n) is 1.36. The fraction of sp³-hybridized carbons (Fsp3) is 0.750. The van der Waals surface area contributed by atoms with E-state index in [1.54, 1.807) is 0 Å². The lowest BCUT2D eigenvalue weighted by molar-refractivity contribution is 0.0443. The SMILES string of the molecule is N#CCCOCCC#CCN1CCOCC1. The van der Waals surface area contributed by atoms with E-state index in [-0.39, 0.29) is 0 Å². The van der Waals surface area contributed by atoms with E-state index in [1.807, 2.05) is 6.07 Å². The van der Waals surface area contributed by atoms with Crippen molar-refractivity contribution in [2.75, 3.05) is 46.1 Å². The van der Waals surface area contributed by atoms with E-state index in [1.165, 1.54) is 0 Å². The predicted octanol–water partition coefficient (Wildman–Crippen LogP) is 0.642. The van der Waals surface area contributed by atoms with Gasteiger partial charge in [0.15, 0.2) is 0 Å². The van der Waals surface area contributed by atoms with Crippen LogP contribution in [0, 0.1) is 23.2 Å². The third kappa shape index (κ3) is 6.42. The van der Waals surface area contributed by atoms with Gasteiger partial charge in [0.2, 0.25) is 0 Å². The quantitative estimate of drug-likeness (QED) is 0.506. The van der Waals surface area contributed by atoms with Crippen LogP contribution in [0.25, 0.3) is 0 Å². The summed E-state index contributed by atoms with van der Waals surface area (Å²) >= 11 is 0. The molecular weight excluding hydrogens is 204 g/mol. The second-order valence-electron chi connectivity index (χ2n) is 3.51. The average Bonchev–Trinajstić information content (AvgIpc) is 2.34. The molecule has 1 rings (SSSR count). The van der Waals surface area contributed by atoms with Crippen LogP contribution >= 0.6 is 0 Å². The summed E-state index contributed by atoms with van der Waals surface area (Å²) in [4.78, 5) is 2.28. The van der Waals surface area contributed by atoms with Gasteiger partial charge in [0.05, 0.1) is 45.5 Å². The fourth-order valence-corrected chi connectivity index (χ4v) is 1.36. The van der Waals surface area contributed by atoms with Crippen LogP contribution in [0.3, 0.4) is 0 Å². The first-order chi connectivity index (χ1) is 7.93. The summed E-state index contributed by atoms with van der Waals surface area (Å²) in [5.74, 6) is 6.19. The summed E-state index contributed by atoms with van der Waals surface area (Å²) in [6.07, 6.45) is 1.21. The Morgan fingerprint density at radius 2 is 1.88 bits per heavy atom. The average molecular weight is 222 g/mol. The van der Waals surface area contributed by atoms with E-state index in [0.717, 1.165) is 39.3 Å². The summed E-state index contributed by atoms with van der Waals surface area (Å²) in [5, 5.41) is 8.28. The van der Waals surface area contributed by atoms with Gasteiger partial charge in [-0.25, -0.2) is 0 Å². The number of ether oxygens (including phenoxy) is 2. The largest absolute Gasteiger partial charge is 0.379 e. The zero-order valence-corrected chi connectivity index (χ0v) is 9.57. The van der Waals surface area contributed by atoms with Crippen LogP contribution in [0.2, 0.25) is 0 Å². The number of rotatable bonds is 5. The number of hydrogen-bond acceptors (Lipinski definition) is 4. The lowest BCUT2D eigenvalue weighted by atomic mass is 10.4. The molecule has 88 valence electrons. The molecule has 0 N–H and O–H groups in total. The minimum atomic E-state index is 0.460. The van der Waals surface area contributed by atoms with Gasteiger partial charge in [-0.05, 0) is 0 Å². The molecule has 0 aromatic heterocycles. The van der Waals surface area contributed by atoms with Crippen molar-refractivity contribution in [3.05, 3.63) is 0 Å². The molecule has 16 heavy (non-hydrogen) atoms. The Labute approximate surface area is 97.1 Å². The number of nitriles is 1. The van der Waals surface area contributed by atoms with Gasteiger partial charge in [-0.3, -0.25) is 4.90 Å². The number of morpholine rings is 1. The number of nitrogens with zero attached hydrogens (tertiary/aromatic N) is 2.